The van der Waals surface area contributed by atoms with Crippen LogP contribution in [0.1, 0.15) is 40.0 Å². The van der Waals surface area contributed by atoms with E-state index in [4.69, 9.17) is 0 Å². The summed E-state index contributed by atoms with van der Waals surface area (Å²) in [6.45, 7) is 6.42. The Labute approximate surface area is 82.1 Å². The van der Waals surface area contributed by atoms with Gasteiger partial charge in [0.25, 0.3) is 0 Å². The smallest absolute Gasteiger partial charge is 0.0391 e. The summed E-state index contributed by atoms with van der Waals surface area (Å²) in [5, 5.41) is 3.15. The largest absolute Gasteiger partial charge is 0.391 e. The summed E-state index contributed by atoms with van der Waals surface area (Å²) in [5.74, 6) is 0. The molecule has 0 aromatic rings. The van der Waals surface area contributed by atoms with E-state index in [-0.39, 0.29) is 0 Å². The number of hydrogen-bond acceptors (Lipinski definition) is 2. The third kappa shape index (κ3) is 4.11. The van der Waals surface area contributed by atoms with Crippen LogP contribution in [0.3, 0.4) is 0 Å². The van der Waals surface area contributed by atoms with Gasteiger partial charge in [-0.1, -0.05) is 13.3 Å². The summed E-state index contributed by atoms with van der Waals surface area (Å²) in [6, 6.07) is 0. The highest BCUT2D eigenvalue weighted by Gasteiger charge is 2.03. The van der Waals surface area contributed by atoms with Gasteiger partial charge >= 0.3 is 0 Å². The fraction of sp³-hybridized carbons (Fsp3) is 0.727. The second-order valence-corrected chi connectivity index (χ2v) is 3.27. The summed E-state index contributed by atoms with van der Waals surface area (Å²) in [5.41, 5.74) is 3.74. The molecule has 0 spiro atoms. The molecule has 0 aliphatic heterocycles. The van der Waals surface area contributed by atoms with E-state index in [0.717, 1.165) is 6.42 Å². The molecule has 13 heavy (non-hydrogen) atoms. The Morgan fingerprint density at radius 2 is 1.92 bits per heavy atom. The molecule has 0 bridgehead atoms. The summed E-state index contributed by atoms with van der Waals surface area (Å²) in [7, 11) is 3.82. The van der Waals surface area contributed by atoms with Gasteiger partial charge in [-0.3, -0.25) is 4.99 Å². The quantitative estimate of drug-likeness (QED) is 0.650. The van der Waals surface area contributed by atoms with E-state index < -0.39 is 0 Å². The van der Waals surface area contributed by atoms with Crippen molar-refractivity contribution in [2.75, 3.05) is 14.1 Å². The van der Waals surface area contributed by atoms with Crippen molar-refractivity contribution in [1.82, 2.24) is 5.32 Å². The van der Waals surface area contributed by atoms with Crippen molar-refractivity contribution in [2.45, 2.75) is 40.0 Å². The monoisotopic (exact) mass is 182 g/mol. The molecule has 0 saturated heterocycles. The van der Waals surface area contributed by atoms with Crippen LogP contribution >= 0.6 is 0 Å². The molecule has 2 nitrogen and oxygen atoms in total. The van der Waals surface area contributed by atoms with Gasteiger partial charge in [0.05, 0.1) is 0 Å². The summed E-state index contributed by atoms with van der Waals surface area (Å²) in [4.78, 5) is 4.31. The van der Waals surface area contributed by atoms with Crippen LogP contribution in [0.5, 0.6) is 0 Å². The number of allylic oxidation sites excluding steroid dienone is 2. The molecule has 0 rings (SSSR count). The molecule has 2 heteroatoms. The second-order valence-electron chi connectivity index (χ2n) is 3.27. The SMILES string of the molecule is CCCCC(=NC)/C(C)=C(\C)NC. The average molecular weight is 182 g/mol. The highest BCUT2D eigenvalue weighted by Crippen LogP contribution is 2.08. The Kier molecular flexibility index (Phi) is 6.29. The van der Waals surface area contributed by atoms with E-state index in [1.165, 1.54) is 29.8 Å². The van der Waals surface area contributed by atoms with Crippen molar-refractivity contribution in [1.29, 1.82) is 0 Å². The molecule has 0 saturated carbocycles. The van der Waals surface area contributed by atoms with Crippen LogP contribution in [0, 0.1) is 0 Å². The lowest BCUT2D eigenvalue weighted by molar-refractivity contribution is 0.831. The zero-order valence-corrected chi connectivity index (χ0v) is 9.57. The van der Waals surface area contributed by atoms with E-state index in [2.05, 4.69) is 31.1 Å². The first-order valence-electron chi connectivity index (χ1n) is 4.98. The zero-order valence-electron chi connectivity index (χ0n) is 9.57. The molecule has 0 amide bonds. The third-order valence-electron chi connectivity index (χ3n) is 2.41. The highest BCUT2D eigenvalue weighted by atomic mass is 14.8. The Bertz CT molecular complexity index is 202. The lowest BCUT2D eigenvalue weighted by Crippen LogP contribution is -2.10. The van der Waals surface area contributed by atoms with Crippen molar-refractivity contribution < 1.29 is 0 Å². The molecule has 0 heterocycles. The first kappa shape index (κ1) is 12.2. The zero-order chi connectivity index (χ0) is 10.3. The average Bonchev–Trinajstić information content (AvgIpc) is 2.17. The van der Waals surface area contributed by atoms with Crippen LogP contribution < -0.4 is 5.32 Å². The molecule has 0 fully saturated rings. The molecular formula is C11H22N2. The first-order chi connectivity index (χ1) is 6.17. The number of aliphatic imine (C=N–C) groups is 1. The summed E-state index contributed by atoms with van der Waals surface area (Å²) < 4.78 is 0. The van der Waals surface area contributed by atoms with Crippen LogP contribution in [0.15, 0.2) is 16.3 Å². The van der Waals surface area contributed by atoms with Gasteiger partial charge in [0.2, 0.25) is 0 Å². The normalized spacial score (nSPS) is 14.1. The summed E-state index contributed by atoms with van der Waals surface area (Å²) in [6.07, 6.45) is 3.55. The molecule has 0 aliphatic rings. The molecule has 76 valence electrons. The lowest BCUT2D eigenvalue weighted by Gasteiger charge is -2.09. The van der Waals surface area contributed by atoms with Gasteiger partial charge in [-0.05, 0) is 32.3 Å². The fourth-order valence-electron chi connectivity index (χ4n) is 1.22. The van der Waals surface area contributed by atoms with Crippen LogP contribution in [-0.2, 0) is 0 Å². The predicted octanol–water partition coefficient (Wildman–Crippen LogP) is 2.76. The minimum atomic E-state index is 1.10. The van der Waals surface area contributed by atoms with Crippen molar-refractivity contribution in [2.24, 2.45) is 4.99 Å². The fourth-order valence-corrected chi connectivity index (χ4v) is 1.22. The van der Waals surface area contributed by atoms with Crippen LogP contribution in [0.2, 0.25) is 0 Å². The van der Waals surface area contributed by atoms with E-state index in [9.17, 15) is 0 Å². The van der Waals surface area contributed by atoms with Crippen molar-refractivity contribution in [3.8, 4) is 0 Å². The maximum absolute atomic E-state index is 4.31. The Morgan fingerprint density at radius 1 is 1.31 bits per heavy atom. The minimum Gasteiger partial charge on any atom is -0.391 e. The molecule has 0 aliphatic carbocycles. The van der Waals surface area contributed by atoms with Crippen LogP contribution in [0.25, 0.3) is 0 Å². The topological polar surface area (TPSA) is 24.4 Å². The molecule has 0 radical (unpaired) electrons. The number of rotatable bonds is 5. The van der Waals surface area contributed by atoms with Gasteiger partial charge in [0.15, 0.2) is 0 Å². The van der Waals surface area contributed by atoms with E-state index in [1.807, 2.05) is 14.1 Å². The highest BCUT2D eigenvalue weighted by molar-refractivity contribution is 6.00. The van der Waals surface area contributed by atoms with Crippen molar-refractivity contribution in [3.05, 3.63) is 11.3 Å². The molecule has 0 aromatic heterocycles. The maximum Gasteiger partial charge on any atom is 0.0391 e. The molecular weight excluding hydrogens is 160 g/mol. The van der Waals surface area contributed by atoms with Gasteiger partial charge in [-0.2, -0.15) is 0 Å². The Morgan fingerprint density at radius 3 is 2.31 bits per heavy atom. The van der Waals surface area contributed by atoms with E-state index in [1.54, 1.807) is 0 Å². The molecule has 1 N–H and O–H groups in total. The van der Waals surface area contributed by atoms with E-state index >= 15 is 0 Å². The molecule has 0 aromatic carbocycles. The van der Waals surface area contributed by atoms with Gasteiger partial charge in [-0.25, -0.2) is 0 Å². The Hall–Kier alpha value is -0.790. The third-order valence-corrected chi connectivity index (χ3v) is 2.41. The standard InChI is InChI=1S/C11H22N2/c1-6-7-8-11(13-5)9(2)10(3)12-4/h12H,6-8H2,1-5H3/b10-9+,13-11?. The number of nitrogens with zero attached hydrogens (tertiary/aromatic N) is 1. The maximum atomic E-state index is 4.31. The van der Waals surface area contributed by atoms with Gasteiger partial charge in [0, 0.05) is 25.5 Å². The second kappa shape index (κ2) is 6.70. The van der Waals surface area contributed by atoms with Gasteiger partial charge in [-0.15, -0.1) is 0 Å². The van der Waals surface area contributed by atoms with Crippen molar-refractivity contribution in [3.63, 3.8) is 0 Å². The molecule has 0 atom stereocenters. The minimum absolute atomic E-state index is 1.10. The number of unbranched alkanes of at least 4 members (excludes halogenated alkanes) is 1. The van der Waals surface area contributed by atoms with Crippen LogP contribution in [-0.4, -0.2) is 19.8 Å². The molecule has 0 unspecified atom stereocenters. The first-order valence-corrected chi connectivity index (χ1v) is 4.98. The van der Waals surface area contributed by atoms with Gasteiger partial charge in [0.1, 0.15) is 0 Å². The van der Waals surface area contributed by atoms with Crippen molar-refractivity contribution >= 4 is 5.71 Å². The predicted molar refractivity (Wildman–Crippen MR) is 60.3 cm³/mol. The van der Waals surface area contributed by atoms with Crippen LogP contribution in [0.4, 0.5) is 0 Å². The van der Waals surface area contributed by atoms with Gasteiger partial charge < -0.3 is 5.32 Å². The summed E-state index contributed by atoms with van der Waals surface area (Å²) >= 11 is 0. The van der Waals surface area contributed by atoms with E-state index in [0.29, 0.717) is 0 Å². The lowest BCUT2D eigenvalue weighted by atomic mass is 10.0. The Balaban J connectivity index is 4.42. The number of hydrogen-bond donors (Lipinski definition) is 1. The number of nitrogens with one attached hydrogen (secondary N) is 1.